The fourth-order valence-electron chi connectivity index (χ4n) is 3.11. The zero-order valence-corrected chi connectivity index (χ0v) is 20.7. The molecule has 9 nitrogen and oxygen atoms in total. The molecule has 0 saturated carbocycles. The first-order valence-corrected chi connectivity index (χ1v) is 11.7. The fraction of sp³-hybridized carbons (Fsp3) is 0.583. The number of carbonyl (C=O) groups excluding carboxylic acids is 3. The number of carbonyl (C=O) groups is 3. The molecular formula is C24H39N5O4. The smallest absolute Gasteiger partial charge is 0.322 e. The van der Waals surface area contributed by atoms with Gasteiger partial charge in [0.05, 0.1) is 11.6 Å². The number of imide groups is 1. The lowest BCUT2D eigenvalue weighted by Gasteiger charge is -2.08. The Morgan fingerprint density at radius 3 is 2.24 bits per heavy atom. The van der Waals surface area contributed by atoms with Gasteiger partial charge in [0.15, 0.2) is 0 Å². The van der Waals surface area contributed by atoms with Crippen molar-refractivity contribution in [3.05, 3.63) is 30.0 Å². The second kappa shape index (κ2) is 14.1. The largest absolute Gasteiger partial charge is 0.473 e. The molecule has 3 heterocycles. The molecule has 1 saturated heterocycles. The number of ether oxygens (including phenoxy) is 1. The van der Waals surface area contributed by atoms with Crippen LogP contribution >= 0.6 is 0 Å². The summed E-state index contributed by atoms with van der Waals surface area (Å²) in [5.74, 6) is -0.0293. The Labute approximate surface area is 196 Å². The SMILES string of the molecule is CC(C)CC1NC(=O)NC1=O.CC(C)Oc1nn2ccccc2c1C(N)=O.CCCCCC. The minimum absolute atomic E-state index is 0.0528. The summed E-state index contributed by atoms with van der Waals surface area (Å²) in [6.45, 7) is 12.2. The predicted molar refractivity (Wildman–Crippen MR) is 129 cm³/mol. The molecule has 1 unspecified atom stereocenters. The summed E-state index contributed by atoms with van der Waals surface area (Å²) >= 11 is 0. The lowest BCUT2D eigenvalue weighted by Crippen LogP contribution is -2.30. The van der Waals surface area contributed by atoms with Crippen LogP contribution in [0, 0.1) is 5.92 Å². The molecule has 33 heavy (non-hydrogen) atoms. The van der Waals surface area contributed by atoms with Crippen molar-refractivity contribution in [1.29, 1.82) is 0 Å². The van der Waals surface area contributed by atoms with Crippen LogP contribution in [0.3, 0.4) is 0 Å². The average molecular weight is 462 g/mol. The first-order valence-electron chi connectivity index (χ1n) is 11.7. The highest BCUT2D eigenvalue weighted by Gasteiger charge is 2.29. The molecular weight excluding hydrogens is 422 g/mol. The minimum Gasteiger partial charge on any atom is -0.473 e. The first kappa shape index (κ1) is 27.9. The molecule has 0 bridgehead atoms. The lowest BCUT2D eigenvalue weighted by atomic mass is 10.0. The zero-order chi connectivity index (χ0) is 25.0. The maximum atomic E-state index is 11.4. The van der Waals surface area contributed by atoms with Gasteiger partial charge in [-0.1, -0.05) is 59.4 Å². The van der Waals surface area contributed by atoms with Gasteiger partial charge in [-0.2, -0.15) is 0 Å². The number of unbranched alkanes of at least 4 members (excludes halogenated alkanes) is 3. The summed E-state index contributed by atoms with van der Waals surface area (Å²) in [6.07, 6.45) is 7.93. The van der Waals surface area contributed by atoms with E-state index < -0.39 is 5.91 Å². The number of nitrogens with one attached hydrogen (secondary N) is 2. The summed E-state index contributed by atoms with van der Waals surface area (Å²) in [7, 11) is 0. The number of urea groups is 1. The van der Waals surface area contributed by atoms with Crippen molar-refractivity contribution in [3.63, 3.8) is 0 Å². The molecule has 1 fully saturated rings. The van der Waals surface area contributed by atoms with Crippen LogP contribution in [-0.2, 0) is 4.79 Å². The van der Waals surface area contributed by atoms with E-state index in [2.05, 4.69) is 29.6 Å². The number of aromatic nitrogens is 2. The second-order valence-electron chi connectivity index (χ2n) is 8.59. The van der Waals surface area contributed by atoms with E-state index in [0.717, 1.165) is 0 Å². The number of nitrogens with two attached hydrogens (primary N) is 1. The molecule has 4 N–H and O–H groups in total. The standard InChI is InChI=1S/C11H13N3O2.C7H12N2O2.C6H14/c1-7(2)16-11-9(10(12)15)8-5-3-4-6-14(8)13-11;1-4(2)3-5-6(10)9-7(11)8-5;1-3-5-6-4-2/h3-7H,1-2H3,(H2,12,15);4-5H,3H2,1-2H3,(H2,8,9,10,11);3-6H2,1-2H3. The number of primary amides is 1. The van der Waals surface area contributed by atoms with Crippen LogP contribution < -0.4 is 21.1 Å². The number of hydrogen-bond donors (Lipinski definition) is 3. The second-order valence-corrected chi connectivity index (χ2v) is 8.59. The number of fused-ring (bicyclic) bond motifs is 1. The van der Waals surface area contributed by atoms with Crippen molar-refractivity contribution in [3.8, 4) is 5.88 Å². The Hall–Kier alpha value is -3.10. The molecule has 1 atom stereocenters. The molecule has 9 heteroatoms. The van der Waals surface area contributed by atoms with Crippen LogP contribution in [0.5, 0.6) is 5.88 Å². The van der Waals surface area contributed by atoms with Crippen molar-refractivity contribution in [1.82, 2.24) is 20.2 Å². The van der Waals surface area contributed by atoms with Gasteiger partial charge in [0.2, 0.25) is 5.88 Å². The van der Waals surface area contributed by atoms with Crippen molar-refractivity contribution in [2.45, 2.75) is 85.8 Å². The van der Waals surface area contributed by atoms with Crippen molar-refractivity contribution < 1.29 is 19.1 Å². The number of hydrogen-bond acceptors (Lipinski definition) is 5. The van der Waals surface area contributed by atoms with E-state index in [1.165, 1.54) is 25.7 Å². The summed E-state index contributed by atoms with van der Waals surface area (Å²) < 4.78 is 7.04. The third-order valence-corrected chi connectivity index (χ3v) is 4.62. The summed E-state index contributed by atoms with van der Waals surface area (Å²) in [4.78, 5) is 32.9. The van der Waals surface area contributed by atoms with Gasteiger partial charge in [-0.15, -0.1) is 5.10 Å². The molecule has 0 spiro atoms. The van der Waals surface area contributed by atoms with Crippen molar-refractivity contribution in [2.24, 2.45) is 11.7 Å². The van der Waals surface area contributed by atoms with Crippen LogP contribution in [-0.4, -0.2) is 39.6 Å². The molecule has 0 aromatic carbocycles. The molecule has 3 rings (SSSR count). The quantitative estimate of drug-likeness (QED) is 0.404. The number of pyridine rings is 1. The summed E-state index contributed by atoms with van der Waals surface area (Å²) in [5.41, 5.74) is 6.31. The van der Waals surface area contributed by atoms with Gasteiger partial charge in [-0.05, 0) is 38.3 Å². The highest BCUT2D eigenvalue weighted by molar-refractivity contribution is 6.04. The third kappa shape index (κ3) is 9.51. The number of amides is 4. The molecule has 184 valence electrons. The monoisotopic (exact) mass is 461 g/mol. The van der Waals surface area contributed by atoms with Crippen molar-refractivity contribution >= 4 is 23.4 Å². The van der Waals surface area contributed by atoms with Crippen LogP contribution in [0.2, 0.25) is 0 Å². The Kier molecular flexibility index (Phi) is 12.0. The van der Waals surface area contributed by atoms with Crippen LogP contribution in [0.25, 0.3) is 5.52 Å². The van der Waals surface area contributed by atoms with Gasteiger partial charge in [0, 0.05) is 6.20 Å². The normalized spacial score (nSPS) is 14.8. The fourth-order valence-corrected chi connectivity index (χ4v) is 3.11. The molecule has 0 aliphatic carbocycles. The molecule has 0 radical (unpaired) electrons. The van der Waals surface area contributed by atoms with Gasteiger partial charge in [-0.3, -0.25) is 14.9 Å². The van der Waals surface area contributed by atoms with Gasteiger partial charge in [-0.25, -0.2) is 9.31 Å². The van der Waals surface area contributed by atoms with E-state index in [1.807, 2.05) is 39.8 Å². The van der Waals surface area contributed by atoms with Crippen LogP contribution in [0.1, 0.15) is 84.0 Å². The Bertz CT molecular complexity index is 903. The maximum absolute atomic E-state index is 11.4. The highest BCUT2D eigenvalue weighted by Crippen LogP contribution is 2.22. The van der Waals surface area contributed by atoms with E-state index in [9.17, 15) is 14.4 Å². The summed E-state index contributed by atoms with van der Waals surface area (Å²) in [6, 6.07) is 4.73. The third-order valence-electron chi connectivity index (χ3n) is 4.62. The van der Waals surface area contributed by atoms with Gasteiger partial charge in [0.1, 0.15) is 11.6 Å². The minimum atomic E-state index is -0.531. The van der Waals surface area contributed by atoms with Crippen LogP contribution in [0.4, 0.5) is 4.79 Å². The van der Waals surface area contributed by atoms with Gasteiger partial charge >= 0.3 is 6.03 Å². The average Bonchev–Trinajstić information content (AvgIpc) is 3.24. The molecule has 2 aromatic rings. The van der Waals surface area contributed by atoms with E-state index in [-0.39, 0.29) is 30.0 Å². The number of rotatable bonds is 8. The Morgan fingerprint density at radius 2 is 1.79 bits per heavy atom. The Morgan fingerprint density at radius 1 is 1.15 bits per heavy atom. The maximum Gasteiger partial charge on any atom is 0.322 e. The van der Waals surface area contributed by atoms with Crippen molar-refractivity contribution in [2.75, 3.05) is 0 Å². The lowest BCUT2D eigenvalue weighted by molar-refractivity contribution is -0.120. The van der Waals surface area contributed by atoms with Crippen LogP contribution in [0.15, 0.2) is 24.4 Å². The van der Waals surface area contributed by atoms with E-state index in [1.54, 1.807) is 16.8 Å². The van der Waals surface area contributed by atoms with E-state index in [4.69, 9.17) is 10.5 Å². The molecule has 1 aliphatic heterocycles. The van der Waals surface area contributed by atoms with Gasteiger partial charge in [0.25, 0.3) is 11.8 Å². The molecule has 2 aromatic heterocycles. The topological polar surface area (TPSA) is 128 Å². The Balaban J connectivity index is 0.000000278. The van der Waals surface area contributed by atoms with E-state index >= 15 is 0 Å². The van der Waals surface area contributed by atoms with E-state index in [0.29, 0.717) is 23.4 Å². The molecule has 1 aliphatic rings. The first-order chi connectivity index (χ1) is 15.6. The summed E-state index contributed by atoms with van der Waals surface area (Å²) in [5, 5.41) is 8.89. The predicted octanol–water partition coefficient (Wildman–Crippen LogP) is 4.05. The molecule has 4 amide bonds. The highest BCUT2D eigenvalue weighted by atomic mass is 16.5. The van der Waals surface area contributed by atoms with Gasteiger partial charge < -0.3 is 15.8 Å². The zero-order valence-electron chi connectivity index (χ0n) is 20.7. The number of nitrogens with zero attached hydrogens (tertiary/aromatic N) is 2.